The van der Waals surface area contributed by atoms with E-state index in [1.54, 1.807) is 12.5 Å². The number of hydrogen-bond donors (Lipinski definition) is 2. The minimum atomic E-state index is -0.227. The molecular weight excluding hydrogens is 275 g/mol. The molecule has 7 heteroatoms. The second-order valence-corrected chi connectivity index (χ2v) is 4.54. The summed E-state index contributed by atoms with van der Waals surface area (Å²) >= 11 is 0. The van der Waals surface area contributed by atoms with Gasteiger partial charge in [-0.2, -0.15) is 0 Å². The predicted molar refractivity (Wildman–Crippen MR) is 75.3 cm³/mol. The Morgan fingerprint density at radius 2 is 2.33 bits per heavy atom. The fourth-order valence-electron chi connectivity index (χ4n) is 1.94. The van der Waals surface area contributed by atoms with Crippen molar-refractivity contribution in [1.29, 1.82) is 0 Å². The molecule has 1 unspecified atom stereocenters. The van der Waals surface area contributed by atoms with E-state index in [1.807, 2.05) is 17.7 Å². The van der Waals surface area contributed by atoms with Crippen LogP contribution in [0, 0.1) is 5.41 Å². The van der Waals surface area contributed by atoms with Gasteiger partial charge in [-0.3, -0.25) is 4.79 Å². The quantitative estimate of drug-likeness (QED) is 0.865. The molecule has 5 nitrogen and oxygen atoms in total. The van der Waals surface area contributed by atoms with Crippen LogP contribution in [-0.2, 0) is 11.3 Å². The molecule has 0 radical (unpaired) electrons. The Kier molecular flexibility index (Phi) is 7.28. The van der Waals surface area contributed by atoms with Gasteiger partial charge >= 0.3 is 0 Å². The summed E-state index contributed by atoms with van der Waals surface area (Å²) in [7, 11) is 0. The molecule has 0 bridgehead atoms. The van der Waals surface area contributed by atoms with Crippen LogP contribution in [0.3, 0.4) is 0 Å². The standard InChI is InChI=1S/C11H18N4O.2ClH/c1-11(2-3-12-8-11)10(16)14-5-7-15-6-4-13-9-15;;/h4,6,9,12H,2-3,5,7-8H2,1H3,(H,14,16);2*1H. The van der Waals surface area contributed by atoms with Crippen LogP contribution in [0.1, 0.15) is 13.3 Å². The third-order valence-corrected chi connectivity index (χ3v) is 3.13. The number of rotatable bonds is 4. The molecule has 2 N–H and O–H groups in total. The lowest BCUT2D eigenvalue weighted by atomic mass is 9.89. The molecule has 0 aliphatic carbocycles. The number of hydrogen-bond acceptors (Lipinski definition) is 3. The number of amides is 1. The Morgan fingerprint density at radius 1 is 1.56 bits per heavy atom. The lowest BCUT2D eigenvalue weighted by Gasteiger charge is -2.21. The molecule has 1 saturated heterocycles. The first-order valence-corrected chi connectivity index (χ1v) is 5.65. The molecule has 0 aromatic carbocycles. The number of carbonyl (C=O) groups is 1. The Bertz CT molecular complexity index is 350. The number of imidazole rings is 1. The fourth-order valence-corrected chi connectivity index (χ4v) is 1.94. The highest BCUT2D eigenvalue weighted by molar-refractivity contribution is 5.85. The number of nitrogens with one attached hydrogen (secondary N) is 2. The summed E-state index contributed by atoms with van der Waals surface area (Å²) < 4.78 is 1.95. The van der Waals surface area contributed by atoms with Gasteiger partial charge in [0.1, 0.15) is 0 Å². The largest absolute Gasteiger partial charge is 0.354 e. The number of aromatic nitrogens is 2. The molecule has 1 fully saturated rings. The van der Waals surface area contributed by atoms with Gasteiger partial charge in [-0.25, -0.2) is 4.98 Å². The van der Waals surface area contributed by atoms with Gasteiger partial charge in [-0.05, 0) is 19.9 Å². The van der Waals surface area contributed by atoms with Crippen LogP contribution < -0.4 is 10.6 Å². The maximum Gasteiger partial charge on any atom is 0.227 e. The highest BCUT2D eigenvalue weighted by atomic mass is 35.5. The summed E-state index contributed by atoms with van der Waals surface area (Å²) in [5.74, 6) is 0.151. The van der Waals surface area contributed by atoms with Crippen molar-refractivity contribution in [2.45, 2.75) is 19.9 Å². The maximum absolute atomic E-state index is 11.9. The van der Waals surface area contributed by atoms with E-state index in [1.165, 1.54) is 0 Å². The van der Waals surface area contributed by atoms with Crippen molar-refractivity contribution in [3.8, 4) is 0 Å². The minimum Gasteiger partial charge on any atom is -0.354 e. The third-order valence-electron chi connectivity index (χ3n) is 3.13. The van der Waals surface area contributed by atoms with Gasteiger partial charge in [0.2, 0.25) is 5.91 Å². The van der Waals surface area contributed by atoms with E-state index in [4.69, 9.17) is 0 Å². The molecule has 2 rings (SSSR count). The van der Waals surface area contributed by atoms with E-state index < -0.39 is 0 Å². The smallest absolute Gasteiger partial charge is 0.227 e. The number of nitrogens with zero attached hydrogens (tertiary/aromatic N) is 2. The van der Waals surface area contributed by atoms with Crippen LogP contribution in [-0.4, -0.2) is 35.1 Å². The lowest BCUT2D eigenvalue weighted by molar-refractivity contribution is -0.129. The van der Waals surface area contributed by atoms with Crippen LogP contribution in [0.5, 0.6) is 0 Å². The fraction of sp³-hybridized carbons (Fsp3) is 0.636. The van der Waals surface area contributed by atoms with Crippen LogP contribution in [0.2, 0.25) is 0 Å². The molecule has 18 heavy (non-hydrogen) atoms. The highest BCUT2D eigenvalue weighted by Gasteiger charge is 2.35. The van der Waals surface area contributed by atoms with Crippen LogP contribution >= 0.6 is 24.8 Å². The van der Waals surface area contributed by atoms with E-state index in [0.29, 0.717) is 6.54 Å². The molecule has 1 aromatic heterocycles. The zero-order valence-corrected chi connectivity index (χ0v) is 12.0. The summed E-state index contributed by atoms with van der Waals surface area (Å²) in [5.41, 5.74) is -0.227. The van der Waals surface area contributed by atoms with Gasteiger partial charge in [-0.15, -0.1) is 24.8 Å². The summed E-state index contributed by atoms with van der Waals surface area (Å²) in [5, 5.41) is 6.20. The predicted octanol–water partition coefficient (Wildman–Crippen LogP) is 0.842. The molecule has 0 saturated carbocycles. The van der Waals surface area contributed by atoms with Gasteiger partial charge < -0.3 is 15.2 Å². The summed E-state index contributed by atoms with van der Waals surface area (Å²) in [6.07, 6.45) is 6.31. The Hall–Kier alpha value is -0.780. The zero-order chi connectivity index (χ0) is 11.4. The van der Waals surface area contributed by atoms with Gasteiger partial charge in [-0.1, -0.05) is 0 Å². The van der Waals surface area contributed by atoms with Gasteiger partial charge in [0.15, 0.2) is 0 Å². The van der Waals surface area contributed by atoms with Crippen molar-refractivity contribution in [3.63, 3.8) is 0 Å². The lowest BCUT2D eigenvalue weighted by Crippen LogP contribution is -2.41. The van der Waals surface area contributed by atoms with Crippen molar-refractivity contribution >= 4 is 30.7 Å². The minimum absolute atomic E-state index is 0. The topological polar surface area (TPSA) is 59.0 Å². The van der Waals surface area contributed by atoms with Crippen LogP contribution in [0.25, 0.3) is 0 Å². The zero-order valence-electron chi connectivity index (χ0n) is 10.4. The monoisotopic (exact) mass is 294 g/mol. The first-order valence-electron chi connectivity index (χ1n) is 5.65. The highest BCUT2D eigenvalue weighted by Crippen LogP contribution is 2.24. The van der Waals surface area contributed by atoms with Crippen molar-refractivity contribution in [2.24, 2.45) is 5.41 Å². The van der Waals surface area contributed by atoms with Crippen molar-refractivity contribution < 1.29 is 4.79 Å². The second-order valence-electron chi connectivity index (χ2n) is 4.54. The second kappa shape index (κ2) is 7.61. The third kappa shape index (κ3) is 4.15. The van der Waals surface area contributed by atoms with Crippen molar-refractivity contribution in [2.75, 3.05) is 19.6 Å². The maximum atomic E-state index is 11.9. The SMILES string of the molecule is CC1(C(=O)NCCn2ccnc2)CCNC1.Cl.Cl. The van der Waals surface area contributed by atoms with Crippen molar-refractivity contribution in [3.05, 3.63) is 18.7 Å². The molecule has 1 aliphatic heterocycles. The average Bonchev–Trinajstić information content (AvgIpc) is 2.90. The molecule has 1 aromatic rings. The van der Waals surface area contributed by atoms with Crippen molar-refractivity contribution in [1.82, 2.24) is 20.2 Å². The van der Waals surface area contributed by atoms with E-state index in [9.17, 15) is 4.79 Å². The molecular formula is C11H20Cl2N4O. The van der Waals surface area contributed by atoms with Crippen LogP contribution in [0.15, 0.2) is 18.7 Å². The molecule has 1 amide bonds. The molecule has 1 atom stereocenters. The van der Waals surface area contributed by atoms with E-state index in [2.05, 4.69) is 15.6 Å². The van der Waals surface area contributed by atoms with Gasteiger partial charge in [0.05, 0.1) is 11.7 Å². The number of halogens is 2. The van der Waals surface area contributed by atoms with E-state index >= 15 is 0 Å². The number of carbonyl (C=O) groups excluding carboxylic acids is 1. The molecule has 2 heterocycles. The first kappa shape index (κ1) is 17.2. The average molecular weight is 295 g/mol. The Morgan fingerprint density at radius 3 is 2.89 bits per heavy atom. The summed E-state index contributed by atoms with van der Waals surface area (Å²) in [6.45, 7) is 5.16. The van der Waals surface area contributed by atoms with E-state index in [-0.39, 0.29) is 36.1 Å². The normalized spacial score (nSPS) is 21.8. The molecule has 0 spiro atoms. The Balaban J connectivity index is 0.00000144. The van der Waals surface area contributed by atoms with Crippen LogP contribution in [0.4, 0.5) is 0 Å². The Labute approximate surface area is 120 Å². The summed E-state index contributed by atoms with van der Waals surface area (Å²) in [4.78, 5) is 15.9. The van der Waals surface area contributed by atoms with Gasteiger partial charge in [0, 0.05) is 32.0 Å². The van der Waals surface area contributed by atoms with Gasteiger partial charge in [0.25, 0.3) is 0 Å². The van der Waals surface area contributed by atoms with E-state index in [0.717, 1.165) is 26.1 Å². The summed E-state index contributed by atoms with van der Waals surface area (Å²) in [6, 6.07) is 0. The molecule has 1 aliphatic rings. The first-order chi connectivity index (χ1) is 7.71. The molecule has 104 valence electrons.